The number of alkyl halides is 4. The zero-order valence-corrected chi connectivity index (χ0v) is 12.4. The minimum atomic E-state index is -4.60. The topological polar surface area (TPSA) is 26.3 Å². The second-order valence-corrected chi connectivity index (χ2v) is 5.53. The van der Waals surface area contributed by atoms with E-state index in [2.05, 4.69) is 15.9 Å². The number of carbonyl (C=O) groups is 1. The fraction of sp³-hybridized carbons (Fsp3) is 0.462. The first-order valence-electron chi connectivity index (χ1n) is 5.54. The first-order chi connectivity index (χ1) is 8.56. The largest absolute Gasteiger partial charge is 0.456 e. The Morgan fingerprint density at radius 1 is 1.26 bits per heavy atom. The minimum Gasteiger partial charge on any atom is -0.456 e. The Morgan fingerprint density at radius 2 is 1.84 bits per heavy atom. The molecule has 0 amide bonds. The van der Waals surface area contributed by atoms with Gasteiger partial charge in [-0.2, -0.15) is 13.2 Å². The van der Waals surface area contributed by atoms with Crippen molar-refractivity contribution in [2.75, 3.05) is 0 Å². The van der Waals surface area contributed by atoms with Gasteiger partial charge in [0.15, 0.2) is 0 Å². The Bertz CT molecular complexity index is 476. The Morgan fingerprint density at radius 3 is 2.26 bits per heavy atom. The van der Waals surface area contributed by atoms with Crippen molar-refractivity contribution in [1.82, 2.24) is 0 Å². The van der Waals surface area contributed by atoms with Crippen molar-refractivity contribution in [1.29, 1.82) is 0 Å². The van der Waals surface area contributed by atoms with Gasteiger partial charge in [0.2, 0.25) is 0 Å². The molecule has 0 N–H and O–H groups in total. The Labute approximate surface area is 118 Å². The summed E-state index contributed by atoms with van der Waals surface area (Å²) in [4.78, 5) is 11.9. The van der Waals surface area contributed by atoms with Crippen LogP contribution < -0.4 is 0 Å². The zero-order valence-electron chi connectivity index (χ0n) is 10.8. The highest BCUT2D eigenvalue weighted by molar-refractivity contribution is 9.08. The van der Waals surface area contributed by atoms with E-state index in [1.165, 1.54) is 12.1 Å². The van der Waals surface area contributed by atoms with Gasteiger partial charge < -0.3 is 4.74 Å². The highest BCUT2D eigenvalue weighted by Gasteiger charge is 2.38. The van der Waals surface area contributed by atoms with Gasteiger partial charge in [0.25, 0.3) is 0 Å². The third-order valence-electron chi connectivity index (χ3n) is 2.20. The Hall–Kier alpha value is -1.04. The average Bonchev–Trinajstić information content (AvgIpc) is 2.24. The van der Waals surface area contributed by atoms with E-state index in [1.807, 2.05) is 0 Å². The van der Waals surface area contributed by atoms with E-state index in [1.54, 1.807) is 20.8 Å². The fourth-order valence-electron chi connectivity index (χ4n) is 1.55. The molecule has 0 fully saturated rings. The molecule has 0 saturated carbocycles. The number of esters is 1. The molecule has 0 bridgehead atoms. The van der Waals surface area contributed by atoms with Crippen molar-refractivity contribution in [3.8, 4) is 0 Å². The second kappa shape index (κ2) is 5.53. The minimum absolute atomic E-state index is 0.0101. The molecular formula is C13H14BrF3O2. The first-order valence-corrected chi connectivity index (χ1v) is 6.67. The lowest BCUT2D eigenvalue weighted by molar-refractivity contribution is -0.138. The lowest BCUT2D eigenvalue weighted by Crippen LogP contribution is -2.26. The van der Waals surface area contributed by atoms with Crippen molar-refractivity contribution in [3.63, 3.8) is 0 Å². The van der Waals surface area contributed by atoms with Crippen LogP contribution in [0.1, 0.15) is 42.3 Å². The van der Waals surface area contributed by atoms with E-state index < -0.39 is 28.9 Å². The van der Waals surface area contributed by atoms with Crippen molar-refractivity contribution >= 4 is 21.9 Å². The van der Waals surface area contributed by atoms with Crippen LogP contribution in [-0.4, -0.2) is 11.6 Å². The quantitative estimate of drug-likeness (QED) is 0.583. The number of hydrogen-bond acceptors (Lipinski definition) is 2. The van der Waals surface area contributed by atoms with Crippen molar-refractivity contribution < 1.29 is 22.7 Å². The molecular weight excluding hydrogens is 325 g/mol. The normalized spacial score (nSPS) is 12.4. The predicted octanol–water partition coefficient (Wildman–Crippen LogP) is 4.56. The van der Waals surface area contributed by atoms with Gasteiger partial charge >= 0.3 is 12.1 Å². The summed E-state index contributed by atoms with van der Waals surface area (Å²) in [6, 6.07) is 3.86. The molecule has 0 unspecified atom stereocenters. The van der Waals surface area contributed by atoms with Crippen LogP contribution in [0.4, 0.5) is 13.2 Å². The smallest absolute Gasteiger partial charge is 0.417 e. The van der Waals surface area contributed by atoms with Crippen molar-refractivity contribution in [2.24, 2.45) is 0 Å². The third-order valence-corrected chi connectivity index (χ3v) is 2.80. The highest BCUT2D eigenvalue weighted by Crippen LogP contribution is 2.36. The molecule has 6 heteroatoms. The number of hydrogen-bond donors (Lipinski definition) is 0. The molecule has 2 nitrogen and oxygen atoms in total. The summed E-state index contributed by atoms with van der Waals surface area (Å²) in [7, 11) is 0. The SMILES string of the molecule is CC(C)(C)OC(=O)c1cccc(CBr)c1C(F)(F)F. The Kier molecular flexibility index (Phi) is 4.66. The first kappa shape index (κ1) is 16.0. The molecule has 0 aliphatic carbocycles. The van der Waals surface area contributed by atoms with Crippen LogP contribution in [0.3, 0.4) is 0 Å². The molecule has 0 heterocycles. The number of ether oxygens (including phenoxy) is 1. The van der Waals surface area contributed by atoms with Crippen molar-refractivity contribution in [3.05, 3.63) is 34.9 Å². The summed E-state index contributed by atoms with van der Waals surface area (Å²) in [6.45, 7) is 4.81. The number of rotatable bonds is 2. The summed E-state index contributed by atoms with van der Waals surface area (Å²) < 4.78 is 44.2. The zero-order chi connectivity index (χ0) is 14.8. The standard InChI is InChI=1S/C13H14BrF3O2/c1-12(2,3)19-11(18)9-6-4-5-8(7-14)10(9)13(15,16)17/h4-6H,7H2,1-3H3. The van der Waals surface area contributed by atoms with Crippen LogP contribution in [0, 0.1) is 0 Å². The van der Waals surface area contributed by atoms with Crippen LogP contribution in [0.2, 0.25) is 0 Å². The van der Waals surface area contributed by atoms with E-state index in [0.717, 1.165) is 6.07 Å². The monoisotopic (exact) mass is 338 g/mol. The number of benzene rings is 1. The maximum Gasteiger partial charge on any atom is 0.417 e. The summed E-state index contributed by atoms with van der Waals surface area (Å²) in [5.74, 6) is -0.970. The molecule has 0 saturated heterocycles. The lowest BCUT2D eigenvalue weighted by atomic mass is 10.0. The van der Waals surface area contributed by atoms with Gasteiger partial charge in [-0.1, -0.05) is 28.1 Å². The van der Waals surface area contributed by atoms with E-state index >= 15 is 0 Å². The molecule has 1 aromatic rings. The van der Waals surface area contributed by atoms with Gasteiger partial charge in [0.1, 0.15) is 5.60 Å². The van der Waals surface area contributed by atoms with E-state index in [0.29, 0.717) is 0 Å². The number of halogens is 4. The average molecular weight is 339 g/mol. The van der Waals surface area contributed by atoms with Gasteiger partial charge in [-0.25, -0.2) is 4.79 Å². The molecule has 0 aliphatic rings. The van der Waals surface area contributed by atoms with Crippen molar-refractivity contribution in [2.45, 2.75) is 37.9 Å². The lowest BCUT2D eigenvalue weighted by Gasteiger charge is -2.22. The number of carbonyl (C=O) groups excluding carboxylic acids is 1. The summed E-state index contributed by atoms with van der Waals surface area (Å²) >= 11 is 2.99. The summed E-state index contributed by atoms with van der Waals surface area (Å²) in [5.41, 5.74) is -2.24. The van der Waals surface area contributed by atoms with E-state index in [-0.39, 0.29) is 10.9 Å². The van der Waals surface area contributed by atoms with Gasteiger partial charge in [0, 0.05) is 5.33 Å². The summed E-state index contributed by atoms with van der Waals surface area (Å²) in [6.07, 6.45) is -4.60. The van der Waals surface area contributed by atoms with E-state index in [4.69, 9.17) is 4.74 Å². The van der Waals surface area contributed by atoms with Crippen LogP contribution in [0.25, 0.3) is 0 Å². The molecule has 0 atom stereocenters. The second-order valence-electron chi connectivity index (χ2n) is 4.97. The Balaban J connectivity index is 3.32. The summed E-state index contributed by atoms with van der Waals surface area (Å²) in [5, 5.41) is 0.0124. The molecule has 0 aliphatic heterocycles. The maximum absolute atomic E-state index is 13.1. The predicted molar refractivity (Wildman–Crippen MR) is 69.2 cm³/mol. The maximum atomic E-state index is 13.1. The molecule has 106 valence electrons. The van der Waals surface area contributed by atoms with Crippen LogP contribution >= 0.6 is 15.9 Å². The molecule has 0 spiro atoms. The highest BCUT2D eigenvalue weighted by atomic mass is 79.9. The van der Waals surface area contributed by atoms with E-state index in [9.17, 15) is 18.0 Å². The molecule has 1 rings (SSSR count). The third kappa shape index (κ3) is 4.23. The fourth-order valence-corrected chi connectivity index (χ4v) is 2.02. The van der Waals surface area contributed by atoms with Crippen LogP contribution in [0.15, 0.2) is 18.2 Å². The molecule has 1 aromatic carbocycles. The van der Waals surface area contributed by atoms with Crippen LogP contribution in [0.5, 0.6) is 0 Å². The van der Waals surface area contributed by atoms with Gasteiger partial charge in [-0.3, -0.25) is 0 Å². The van der Waals surface area contributed by atoms with Crippen LogP contribution in [-0.2, 0) is 16.2 Å². The molecule has 0 aromatic heterocycles. The molecule has 19 heavy (non-hydrogen) atoms. The van der Waals surface area contributed by atoms with Gasteiger partial charge in [-0.15, -0.1) is 0 Å². The molecule has 0 radical (unpaired) electrons. The van der Waals surface area contributed by atoms with Gasteiger partial charge in [-0.05, 0) is 32.4 Å². The van der Waals surface area contributed by atoms with Gasteiger partial charge in [0.05, 0.1) is 11.1 Å².